The van der Waals surface area contributed by atoms with Crippen LogP contribution < -0.4 is 0 Å². The van der Waals surface area contributed by atoms with E-state index in [-0.39, 0.29) is 0 Å². The number of nitrogens with one attached hydrogen (secondary N) is 1. The third-order valence-corrected chi connectivity index (χ3v) is 4.23. The number of benzene rings is 2. The largest absolute Gasteiger partial charge is 0.384 e. The zero-order chi connectivity index (χ0) is 15.7. The fourth-order valence-corrected chi connectivity index (χ4v) is 2.98. The van der Waals surface area contributed by atoms with Crippen LogP contribution in [0.1, 0.15) is 22.8 Å². The number of hydrogen-bond acceptors (Lipinski definition) is 1. The van der Waals surface area contributed by atoms with Gasteiger partial charge >= 0.3 is 0 Å². The quantitative estimate of drug-likeness (QED) is 0.664. The summed E-state index contributed by atoms with van der Waals surface area (Å²) in [5.74, 6) is 0. The molecule has 1 atom stereocenters. The Morgan fingerprint density at radius 3 is 2.36 bits per heavy atom. The predicted molar refractivity (Wildman–Crippen MR) is 91.5 cm³/mol. The number of halogens is 2. The molecule has 0 saturated carbocycles. The second-order valence-corrected chi connectivity index (χ2v) is 6.11. The van der Waals surface area contributed by atoms with Crippen LogP contribution in [0.5, 0.6) is 0 Å². The minimum Gasteiger partial charge on any atom is -0.384 e. The van der Waals surface area contributed by atoms with Gasteiger partial charge in [-0.2, -0.15) is 0 Å². The molecule has 3 aromatic rings. The molecule has 1 heterocycles. The topological polar surface area (TPSA) is 36.0 Å². The van der Waals surface area contributed by atoms with Gasteiger partial charge in [0.05, 0.1) is 0 Å². The van der Waals surface area contributed by atoms with Crippen molar-refractivity contribution in [2.75, 3.05) is 0 Å². The number of aliphatic hydroxyl groups excluding tert-OH is 1. The van der Waals surface area contributed by atoms with Gasteiger partial charge in [-0.1, -0.05) is 59.1 Å². The molecule has 3 rings (SSSR count). The standard InChI is InChI=1S/C18H15Cl2NO/c1-11-2-4-12(5-3-11)18(22)16-10-21-9-15(16)14-7-6-13(19)8-17(14)20/h2-10,18,21-22H,1H3/t18-/m1/s1. The predicted octanol–water partition coefficient (Wildman–Crippen LogP) is 5.38. The summed E-state index contributed by atoms with van der Waals surface area (Å²) in [5.41, 5.74) is 4.50. The van der Waals surface area contributed by atoms with E-state index in [0.29, 0.717) is 10.0 Å². The summed E-state index contributed by atoms with van der Waals surface area (Å²) in [7, 11) is 0. The molecule has 1 aromatic heterocycles. The van der Waals surface area contributed by atoms with E-state index in [1.165, 1.54) is 0 Å². The van der Waals surface area contributed by atoms with E-state index in [2.05, 4.69) is 4.98 Å². The third kappa shape index (κ3) is 2.91. The zero-order valence-electron chi connectivity index (χ0n) is 12.0. The van der Waals surface area contributed by atoms with Crippen molar-refractivity contribution in [3.05, 3.63) is 81.6 Å². The maximum absolute atomic E-state index is 10.7. The molecule has 0 aliphatic heterocycles. The highest BCUT2D eigenvalue weighted by Crippen LogP contribution is 2.36. The highest BCUT2D eigenvalue weighted by atomic mass is 35.5. The Hall–Kier alpha value is -1.74. The maximum Gasteiger partial charge on any atom is 0.106 e. The number of aliphatic hydroxyl groups is 1. The van der Waals surface area contributed by atoms with Gasteiger partial charge in [-0.15, -0.1) is 0 Å². The van der Waals surface area contributed by atoms with Gasteiger partial charge in [0, 0.05) is 39.1 Å². The lowest BCUT2D eigenvalue weighted by Crippen LogP contribution is -2.00. The summed E-state index contributed by atoms with van der Waals surface area (Å²) in [6.45, 7) is 2.02. The minimum atomic E-state index is -0.714. The van der Waals surface area contributed by atoms with Crippen LogP contribution in [0.2, 0.25) is 10.0 Å². The van der Waals surface area contributed by atoms with Crippen molar-refractivity contribution in [3.63, 3.8) is 0 Å². The molecule has 0 amide bonds. The Morgan fingerprint density at radius 2 is 1.68 bits per heavy atom. The summed E-state index contributed by atoms with van der Waals surface area (Å²) in [6, 6.07) is 13.2. The first-order valence-corrected chi connectivity index (χ1v) is 7.68. The van der Waals surface area contributed by atoms with Gasteiger partial charge in [-0.3, -0.25) is 0 Å². The van der Waals surface area contributed by atoms with Crippen molar-refractivity contribution >= 4 is 23.2 Å². The van der Waals surface area contributed by atoms with Crippen molar-refractivity contribution < 1.29 is 5.11 Å². The smallest absolute Gasteiger partial charge is 0.106 e. The average Bonchev–Trinajstić information content (AvgIpc) is 2.96. The van der Waals surface area contributed by atoms with E-state index in [9.17, 15) is 5.11 Å². The summed E-state index contributed by atoms with van der Waals surface area (Å²) in [5, 5.41) is 11.8. The van der Waals surface area contributed by atoms with Crippen molar-refractivity contribution in [3.8, 4) is 11.1 Å². The molecule has 2 N–H and O–H groups in total. The van der Waals surface area contributed by atoms with Crippen LogP contribution >= 0.6 is 23.2 Å². The van der Waals surface area contributed by atoms with E-state index in [4.69, 9.17) is 23.2 Å². The van der Waals surface area contributed by atoms with Gasteiger partial charge in [0.15, 0.2) is 0 Å². The second-order valence-electron chi connectivity index (χ2n) is 5.26. The van der Waals surface area contributed by atoms with Crippen molar-refractivity contribution in [2.45, 2.75) is 13.0 Å². The molecular weight excluding hydrogens is 317 g/mol. The van der Waals surface area contributed by atoms with Crippen LogP contribution in [0.25, 0.3) is 11.1 Å². The molecule has 112 valence electrons. The molecule has 0 aliphatic carbocycles. The molecule has 0 saturated heterocycles. The Bertz CT molecular complexity index is 793. The number of aryl methyl sites for hydroxylation is 1. The van der Waals surface area contributed by atoms with Crippen LogP contribution in [-0.4, -0.2) is 10.1 Å². The highest BCUT2D eigenvalue weighted by molar-refractivity contribution is 6.36. The first-order chi connectivity index (χ1) is 10.6. The van der Waals surface area contributed by atoms with Gasteiger partial charge in [0.1, 0.15) is 6.10 Å². The average molecular weight is 332 g/mol. The molecule has 0 radical (unpaired) electrons. The molecule has 0 bridgehead atoms. The molecule has 0 fully saturated rings. The van der Waals surface area contributed by atoms with Crippen LogP contribution in [0.15, 0.2) is 54.9 Å². The Morgan fingerprint density at radius 1 is 0.955 bits per heavy atom. The van der Waals surface area contributed by atoms with E-state index in [1.807, 2.05) is 43.5 Å². The molecule has 4 heteroatoms. The zero-order valence-corrected chi connectivity index (χ0v) is 13.5. The number of hydrogen-bond donors (Lipinski definition) is 2. The van der Waals surface area contributed by atoms with Crippen LogP contribution in [-0.2, 0) is 0 Å². The van der Waals surface area contributed by atoms with Crippen molar-refractivity contribution in [1.29, 1.82) is 0 Å². The molecule has 0 spiro atoms. The number of H-pyrrole nitrogens is 1. The Labute approximate surface area is 139 Å². The normalized spacial score (nSPS) is 12.4. The summed E-state index contributed by atoms with van der Waals surface area (Å²) < 4.78 is 0. The van der Waals surface area contributed by atoms with Gasteiger partial charge in [-0.25, -0.2) is 0 Å². The molecule has 0 unspecified atom stereocenters. The van der Waals surface area contributed by atoms with E-state index in [1.54, 1.807) is 18.3 Å². The SMILES string of the molecule is Cc1ccc([C@@H](O)c2c[nH]cc2-c2ccc(Cl)cc2Cl)cc1. The van der Waals surface area contributed by atoms with Crippen LogP contribution in [0, 0.1) is 6.92 Å². The van der Waals surface area contributed by atoms with Gasteiger partial charge < -0.3 is 10.1 Å². The lowest BCUT2D eigenvalue weighted by molar-refractivity contribution is 0.221. The highest BCUT2D eigenvalue weighted by Gasteiger charge is 2.18. The second kappa shape index (κ2) is 6.17. The fourth-order valence-electron chi connectivity index (χ4n) is 2.47. The summed E-state index contributed by atoms with van der Waals surface area (Å²) in [4.78, 5) is 3.05. The van der Waals surface area contributed by atoms with Crippen molar-refractivity contribution in [1.82, 2.24) is 4.98 Å². The Balaban J connectivity index is 2.03. The molecular formula is C18H15Cl2NO. The third-order valence-electron chi connectivity index (χ3n) is 3.69. The number of aromatic amines is 1. The van der Waals surface area contributed by atoms with Gasteiger partial charge in [0.25, 0.3) is 0 Å². The molecule has 22 heavy (non-hydrogen) atoms. The number of rotatable bonds is 3. The Kier molecular flexibility index (Phi) is 4.25. The van der Waals surface area contributed by atoms with E-state index < -0.39 is 6.10 Å². The first kappa shape index (κ1) is 15.2. The molecule has 2 nitrogen and oxygen atoms in total. The van der Waals surface area contributed by atoms with Gasteiger partial charge in [0.2, 0.25) is 0 Å². The lowest BCUT2D eigenvalue weighted by Gasteiger charge is -2.13. The van der Waals surface area contributed by atoms with Gasteiger partial charge in [-0.05, 0) is 24.6 Å². The van der Waals surface area contributed by atoms with E-state index >= 15 is 0 Å². The van der Waals surface area contributed by atoms with Crippen LogP contribution in [0.4, 0.5) is 0 Å². The van der Waals surface area contributed by atoms with Crippen molar-refractivity contribution in [2.24, 2.45) is 0 Å². The first-order valence-electron chi connectivity index (χ1n) is 6.93. The number of aromatic nitrogens is 1. The van der Waals surface area contributed by atoms with E-state index in [0.717, 1.165) is 27.8 Å². The summed E-state index contributed by atoms with van der Waals surface area (Å²) in [6.07, 6.45) is 2.92. The monoisotopic (exact) mass is 331 g/mol. The minimum absolute atomic E-state index is 0.560. The summed E-state index contributed by atoms with van der Waals surface area (Å²) >= 11 is 12.2. The molecule has 0 aliphatic rings. The lowest BCUT2D eigenvalue weighted by atomic mass is 9.96. The van der Waals surface area contributed by atoms with Crippen LogP contribution in [0.3, 0.4) is 0 Å². The molecule has 2 aromatic carbocycles. The maximum atomic E-state index is 10.7. The fraction of sp³-hybridized carbons (Fsp3) is 0.111.